The quantitative estimate of drug-likeness (QED) is 0.790. The number of benzene rings is 1. The Bertz CT molecular complexity index is 299. The highest BCUT2D eigenvalue weighted by Gasteiger charge is 2.15. The molecule has 1 fully saturated rings. The molecule has 1 saturated heterocycles. The second-order valence-corrected chi connectivity index (χ2v) is 5.50. The van der Waals surface area contributed by atoms with Crippen LogP contribution in [0.5, 0.6) is 0 Å². The summed E-state index contributed by atoms with van der Waals surface area (Å²) < 4.78 is 1.17. The van der Waals surface area contributed by atoms with E-state index in [1.54, 1.807) is 0 Å². The molecule has 0 N–H and O–H groups in total. The fourth-order valence-corrected chi connectivity index (χ4v) is 2.33. The van der Waals surface area contributed by atoms with Gasteiger partial charge >= 0.3 is 0 Å². The molecule has 2 rings (SSSR count). The van der Waals surface area contributed by atoms with E-state index in [0.717, 1.165) is 12.5 Å². The monoisotopic (exact) mass is 267 g/mol. The van der Waals surface area contributed by atoms with E-state index < -0.39 is 0 Å². The van der Waals surface area contributed by atoms with Crippen molar-refractivity contribution < 1.29 is 0 Å². The molecule has 1 aromatic rings. The molecule has 1 aromatic carbocycles. The van der Waals surface area contributed by atoms with Gasteiger partial charge in [-0.1, -0.05) is 35.0 Å². The smallest absolute Gasteiger partial charge is 0.0233 e. The fourth-order valence-electron chi connectivity index (χ4n) is 2.07. The van der Waals surface area contributed by atoms with Crippen molar-refractivity contribution in [2.45, 2.75) is 26.3 Å². The summed E-state index contributed by atoms with van der Waals surface area (Å²) in [5.74, 6) is 0.922. The number of nitrogens with zero attached hydrogens (tertiary/aromatic N) is 1. The number of hydrogen-bond donors (Lipinski definition) is 0. The lowest BCUT2D eigenvalue weighted by Gasteiger charge is -2.30. The minimum atomic E-state index is 0.922. The van der Waals surface area contributed by atoms with Gasteiger partial charge in [-0.3, -0.25) is 4.90 Å². The summed E-state index contributed by atoms with van der Waals surface area (Å²) in [7, 11) is 0. The van der Waals surface area contributed by atoms with Gasteiger partial charge in [0.2, 0.25) is 0 Å². The van der Waals surface area contributed by atoms with E-state index in [4.69, 9.17) is 0 Å². The zero-order valence-corrected chi connectivity index (χ0v) is 10.8. The van der Waals surface area contributed by atoms with Crippen molar-refractivity contribution in [1.82, 2.24) is 4.90 Å². The molecule has 1 nitrogen and oxygen atoms in total. The largest absolute Gasteiger partial charge is 0.299 e. The van der Waals surface area contributed by atoms with Crippen molar-refractivity contribution in [2.75, 3.05) is 13.1 Å². The Morgan fingerprint density at radius 3 is 2.40 bits per heavy atom. The third kappa shape index (κ3) is 3.32. The number of likely N-dealkylation sites (tertiary alicyclic amines) is 1. The highest BCUT2D eigenvalue weighted by atomic mass is 79.9. The molecule has 1 aliphatic rings. The molecular formula is C13H18BrN. The Kier molecular flexibility index (Phi) is 3.81. The Morgan fingerprint density at radius 2 is 1.80 bits per heavy atom. The van der Waals surface area contributed by atoms with Crippen LogP contribution in [0.1, 0.15) is 25.3 Å². The van der Waals surface area contributed by atoms with Gasteiger partial charge in [-0.2, -0.15) is 0 Å². The highest BCUT2D eigenvalue weighted by molar-refractivity contribution is 9.10. The van der Waals surface area contributed by atoms with E-state index in [-0.39, 0.29) is 0 Å². The zero-order valence-electron chi connectivity index (χ0n) is 9.25. The van der Waals surface area contributed by atoms with E-state index in [1.807, 2.05) is 0 Å². The van der Waals surface area contributed by atoms with Crippen molar-refractivity contribution in [3.63, 3.8) is 0 Å². The summed E-state index contributed by atoms with van der Waals surface area (Å²) in [5, 5.41) is 0. The molecule has 15 heavy (non-hydrogen) atoms. The van der Waals surface area contributed by atoms with Gasteiger partial charge in [0.1, 0.15) is 0 Å². The van der Waals surface area contributed by atoms with Crippen LogP contribution in [-0.2, 0) is 6.54 Å². The average Bonchev–Trinajstić information content (AvgIpc) is 2.25. The highest BCUT2D eigenvalue weighted by Crippen LogP contribution is 2.18. The van der Waals surface area contributed by atoms with Crippen LogP contribution in [0.3, 0.4) is 0 Å². The number of halogens is 1. The van der Waals surface area contributed by atoms with Crippen LogP contribution in [0.4, 0.5) is 0 Å². The van der Waals surface area contributed by atoms with Crippen LogP contribution in [-0.4, -0.2) is 18.0 Å². The second-order valence-electron chi connectivity index (χ2n) is 4.59. The van der Waals surface area contributed by atoms with Gasteiger partial charge in [0.25, 0.3) is 0 Å². The molecule has 0 saturated carbocycles. The Hall–Kier alpha value is -0.340. The molecule has 1 aliphatic heterocycles. The predicted molar refractivity (Wildman–Crippen MR) is 67.8 cm³/mol. The topological polar surface area (TPSA) is 3.24 Å². The maximum Gasteiger partial charge on any atom is 0.0233 e. The first-order valence-electron chi connectivity index (χ1n) is 5.71. The van der Waals surface area contributed by atoms with Gasteiger partial charge in [-0.25, -0.2) is 0 Å². The summed E-state index contributed by atoms with van der Waals surface area (Å²) in [6, 6.07) is 8.67. The van der Waals surface area contributed by atoms with E-state index >= 15 is 0 Å². The van der Waals surface area contributed by atoms with Crippen LogP contribution in [0.25, 0.3) is 0 Å². The zero-order chi connectivity index (χ0) is 10.7. The summed E-state index contributed by atoms with van der Waals surface area (Å²) in [4.78, 5) is 2.56. The van der Waals surface area contributed by atoms with Gasteiger partial charge in [0.15, 0.2) is 0 Å². The van der Waals surface area contributed by atoms with Crippen molar-refractivity contribution in [2.24, 2.45) is 5.92 Å². The van der Waals surface area contributed by atoms with Crippen molar-refractivity contribution in [3.8, 4) is 0 Å². The third-order valence-corrected chi connectivity index (χ3v) is 3.72. The molecule has 0 bridgehead atoms. The lowest BCUT2D eigenvalue weighted by Crippen LogP contribution is -2.32. The van der Waals surface area contributed by atoms with Crippen LogP contribution >= 0.6 is 15.9 Å². The predicted octanol–water partition coefficient (Wildman–Crippen LogP) is 3.68. The number of piperidine rings is 1. The summed E-state index contributed by atoms with van der Waals surface area (Å²) in [5.41, 5.74) is 1.42. The van der Waals surface area contributed by atoms with E-state index in [1.165, 1.54) is 36.0 Å². The van der Waals surface area contributed by atoms with Crippen molar-refractivity contribution >= 4 is 15.9 Å². The third-order valence-electron chi connectivity index (χ3n) is 3.20. The summed E-state index contributed by atoms with van der Waals surface area (Å²) in [6.07, 6.45) is 2.72. The molecule has 2 heteroatoms. The Labute approximate surface area is 101 Å². The molecule has 0 amide bonds. The molecule has 82 valence electrons. The summed E-state index contributed by atoms with van der Waals surface area (Å²) >= 11 is 3.46. The minimum Gasteiger partial charge on any atom is -0.299 e. The van der Waals surface area contributed by atoms with Crippen LogP contribution in [0, 0.1) is 5.92 Å². The van der Waals surface area contributed by atoms with Gasteiger partial charge in [-0.05, 0) is 49.5 Å². The average molecular weight is 268 g/mol. The van der Waals surface area contributed by atoms with Crippen molar-refractivity contribution in [1.29, 1.82) is 0 Å². The van der Waals surface area contributed by atoms with Crippen LogP contribution in [0.2, 0.25) is 0 Å². The molecule has 1 heterocycles. The maximum atomic E-state index is 3.46. The normalized spacial score (nSPS) is 19.3. The fraction of sp³-hybridized carbons (Fsp3) is 0.538. The van der Waals surface area contributed by atoms with Gasteiger partial charge in [-0.15, -0.1) is 0 Å². The number of rotatable bonds is 2. The molecule has 0 aliphatic carbocycles. The lowest BCUT2D eigenvalue weighted by atomic mass is 9.99. The van der Waals surface area contributed by atoms with Gasteiger partial charge in [0.05, 0.1) is 0 Å². The molecule has 0 aromatic heterocycles. The first kappa shape index (κ1) is 11.2. The Balaban J connectivity index is 1.89. The molecule has 0 unspecified atom stereocenters. The summed E-state index contributed by atoms with van der Waals surface area (Å²) in [6.45, 7) is 5.99. The SMILES string of the molecule is CC1CCN(Cc2ccc(Br)cc2)CC1. The molecule has 0 radical (unpaired) electrons. The van der Waals surface area contributed by atoms with Gasteiger partial charge < -0.3 is 0 Å². The van der Waals surface area contributed by atoms with Crippen LogP contribution in [0.15, 0.2) is 28.7 Å². The lowest BCUT2D eigenvalue weighted by molar-refractivity contribution is 0.185. The second kappa shape index (κ2) is 5.13. The molecular weight excluding hydrogens is 250 g/mol. The van der Waals surface area contributed by atoms with Crippen LogP contribution < -0.4 is 0 Å². The minimum absolute atomic E-state index is 0.922. The van der Waals surface area contributed by atoms with Gasteiger partial charge in [0, 0.05) is 11.0 Å². The van der Waals surface area contributed by atoms with E-state index in [0.29, 0.717) is 0 Å². The number of hydrogen-bond acceptors (Lipinski definition) is 1. The molecule has 0 spiro atoms. The van der Waals surface area contributed by atoms with E-state index in [2.05, 4.69) is 52.0 Å². The first-order chi connectivity index (χ1) is 7.24. The van der Waals surface area contributed by atoms with Crippen molar-refractivity contribution in [3.05, 3.63) is 34.3 Å². The standard InChI is InChI=1S/C13H18BrN/c1-11-6-8-15(9-7-11)10-12-2-4-13(14)5-3-12/h2-5,11H,6-10H2,1H3. The molecule has 0 atom stereocenters. The first-order valence-corrected chi connectivity index (χ1v) is 6.50. The van der Waals surface area contributed by atoms with E-state index in [9.17, 15) is 0 Å². The maximum absolute atomic E-state index is 3.46. The Morgan fingerprint density at radius 1 is 1.20 bits per heavy atom.